The SMILES string of the molecule is COc1c([C@H]2[C@H](C(=O)Nc3ccnc(N4C[C@H]5C[C@@H](C4=O)N5C)c3)O[C@@](C)(C(F)(F)F)[C@H]2C)ccc(F)c1F. The van der Waals surface area contributed by atoms with E-state index in [1.165, 1.54) is 30.2 Å². The summed E-state index contributed by atoms with van der Waals surface area (Å²) >= 11 is 0. The number of carbonyl (C=O) groups excluding carboxylic acids is 2. The number of likely N-dealkylation sites (N-methyl/N-ethyl adjacent to an activating group) is 1. The van der Waals surface area contributed by atoms with Crippen LogP contribution in [0.15, 0.2) is 30.5 Å². The van der Waals surface area contributed by atoms with Gasteiger partial charge in [-0.15, -0.1) is 0 Å². The first-order valence-corrected chi connectivity index (χ1v) is 12.3. The van der Waals surface area contributed by atoms with Gasteiger partial charge in [0, 0.05) is 47.9 Å². The number of anilines is 2. The summed E-state index contributed by atoms with van der Waals surface area (Å²) in [5.74, 6) is -6.72. The summed E-state index contributed by atoms with van der Waals surface area (Å²) < 4.78 is 81.3. The maximum Gasteiger partial charge on any atom is 0.417 e. The number of halogens is 5. The lowest BCUT2D eigenvalue weighted by atomic mass is 9.77. The van der Waals surface area contributed by atoms with Crippen LogP contribution in [-0.4, -0.2) is 72.4 Å². The molecule has 2 bridgehead atoms. The van der Waals surface area contributed by atoms with Crippen molar-refractivity contribution in [2.75, 3.05) is 30.9 Å². The van der Waals surface area contributed by atoms with E-state index in [-0.39, 0.29) is 29.2 Å². The Balaban J connectivity index is 1.46. The van der Waals surface area contributed by atoms with Crippen molar-refractivity contribution in [1.29, 1.82) is 0 Å². The van der Waals surface area contributed by atoms with Gasteiger partial charge in [-0.3, -0.25) is 19.4 Å². The first-order chi connectivity index (χ1) is 18.3. The first kappa shape index (κ1) is 27.3. The van der Waals surface area contributed by atoms with E-state index in [2.05, 4.69) is 10.3 Å². The van der Waals surface area contributed by atoms with Crippen molar-refractivity contribution in [1.82, 2.24) is 9.88 Å². The lowest BCUT2D eigenvalue weighted by Gasteiger charge is -2.53. The molecule has 1 aromatic heterocycles. The molecule has 2 amide bonds. The van der Waals surface area contributed by atoms with E-state index in [1.807, 2.05) is 11.9 Å². The van der Waals surface area contributed by atoms with Crippen molar-refractivity contribution in [2.24, 2.45) is 5.92 Å². The molecule has 1 aromatic carbocycles. The minimum Gasteiger partial charge on any atom is -0.493 e. The molecule has 210 valence electrons. The number of nitrogens with one attached hydrogen (secondary N) is 1. The highest BCUT2D eigenvalue weighted by molar-refractivity contribution is 6.00. The van der Waals surface area contributed by atoms with Gasteiger partial charge in [0.25, 0.3) is 5.91 Å². The van der Waals surface area contributed by atoms with Crippen LogP contribution in [0.5, 0.6) is 5.75 Å². The zero-order valence-corrected chi connectivity index (χ0v) is 21.6. The Morgan fingerprint density at radius 1 is 1.26 bits per heavy atom. The smallest absolute Gasteiger partial charge is 0.417 e. The molecule has 4 aliphatic rings. The highest BCUT2D eigenvalue weighted by Crippen LogP contribution is 2.55. The molecular weight excluding hydrogens is 527 g/mol. The number of aromatic nitrogens is 1. The zero-order chi connectivity index (χ0) is 28.4. The van der Waals surface area contributed by atoms with E-state index < -0.39 is 53.0 Å². The predicted molar refractivity (Wildman–Crippen MR) is 129 cm³/mol. The standard InChI is InChI=1S/C26H27F5N4O4/c1-12-19(15-5-6-16(27)20(28)21(15)38-4)22(39-25(12,2)26(29,30)31)23(36)33-13-7-8-32-18(9-13)35-11-14-10-17(24(35)37)34(14)3/h5-9,12,14,17,19,22H,10-11H2,1-4H3,(H,32,33,36)/t12-,14+,17-,19-,22+,25+/m0/s1. The number of nitrogens with zero attached hydrogens (tertiary/aromatic N) is 3. The zero-order valence-electron chi connectivity index (χ0n) is 21.6. The van der Waals surface area contributed by atoms with Crippen molar-refractivity contribution in [2.45, 2.75) is 56.2 Å². The molecule has 0 unspecified atom stereocenters. The minimum absolute atomic E-state index is 0.129. The van der Waals surface area contributed by atoms with Crippen molar-refractivity contribution >= 4 is 23.3 Å². The number of piperazine rings is 1. The second-order valence-electron chi connectivity index (χ2n) is 10.4. The number of pyridine rings is 1. The summed E-state index contributed by atoms with van der Waals surface area (Å²) in [5, 5.41) is 2.55. The van der Waals surface area contributed by atoms with Crippen LogP contribution in [0.4, 0.5) is 33.5 Å². The Bertz CT molecular complexity index is 1320. The van der Waals surface area contributed by atoms with Gasteiger partial charge in [-0.2, -0.15) is 17.6 Å². The molecule has 0 radical (unpaired) electrons. The first-order valence-electron chi connectivity index (χ1n) is 12.3. The molecule has 6 atom stereocenters. The molecule has 8 nitrogen and oxygen atoms in total. The number of carbonyl (C=O) groups is 2. The van der Waals surface area contributed by atoms with Crippen molar-refractivity contribution in [3.05, 3.63) is 47.7 Å². The summed E-state index contributed by atoms with van der Waals surface area (Å²) in [6.45, 7) is 2.47. The molecule has 4 saturated heterocycles. The summed E-state index contributed by atoms with van der Waals surface area (Å²) in [4.78, 5) is 34.0. The van der Waals surface area contributed by atoms with Crippen LogP contribution >= 0.6 is 0 Å². The third-order valence-electron chi connectivity index (χ3n) is 8.37. The van der Waals surface area contributed by atoms with E-state index in [0.29, 0.717) is 12.4 Å². The lowest BCUT2D eigenvalue weighted by Crippen LogP contribution is -2.70. The number of fused-ring (bicyclic) bond motifs is 2. The molecule has 4 aliphatic heterocycles. The number of amides is 2. The van der Waals surface area contributed by atoms with Crippen LogP contribution in [0.25, 0.3) is 0 Å². The fourth-order valence-corrected chi connectivity index (χ4v) is 5.77. The predicted octanol–water partition coefficient (Wildman–Crippen LogP) is 3.87. The fourth-order valence-electron chi connectivity index (χ4n) is 5.77. The highest BCUT2D eigenvalue weighted by Gasteiger charge is 2.66. The van der Waals surface area contributed by atoms with Crippen LogP contribution in [-0.2, 0) is 14.3 Å². The van der Waals surface area contributed by atoms with E-state index in [4.69, 9.17) is 9.47 Å². The van der Waals surface area contributed by atoms with E-state index in [9.17, 15) is 31.5 Å². The van der Waals surface area contributed by atoms with Crippen LogP contribution in [0.2, 0.25) is 0 Å². The van der Waals surface area contributed by atoms with Gasteiger partial charge >= 0.3 is 6.18 Å². The number of ether oxygens (including phenoxy) is 2. The number of alkyl halides is 3. The molecule has 0 spiro atoms. The highest BCUT2D eigenvalue weighted by atomic mass is 19.4. The largest absolute Gasteiger partial charge is 0.493 e. The lowest BCUT2D eigenvalue weighted by molar-refractivity contribution is -0.272. The summed E-state index contributed by atoms with van der Waals surface area (Å²) in [6, 6.07) is 4.69. The van der Waals surface area contributed by atoms with Gasteiger partial charge in [-0.1, -0.05) is 13.0 Å². The summed E-state index contributed by atoms with van der Waals surface area (Å²) in [6.07, 6.45) is -4.49. The van der Waals surface area contributed by atoms with Gasteiger partial charge in [0.1, 0.15) is 11.9 Å². The van der Waals surface area contributed by atoms with Crippen LogP contribution in [0.1, 0.15) is 31.7 Å². The molecule has 0 aliphatic carbocycles. The number of hydrogen-bond acceptors (Lipinski definition) is 6. The van der Waals surface area contributed by atoms with E-state index >= 15 is 0 Å². The monoisotopic (exact) mass is 554 g/mol. The molecule has 2 aromatic rings. The molecule has 1 N–H and O–H groups in total. The average molecular weight is 555 g/mol. The minimum atomic E-state index is -4.88. The third kappa shape index (κ3) is 4.22. The van der Waals surface area contributed by atoms with E-state index in [0.717, 1.165) is 32.6 Å². The maximum absolute atomic E-state index is 14.5. The Hall–Kier alpha value is -3.32. The molecule has 0 saturated carbocycles. The summed E-state index contributed by atoms with van der Waals surface area (Å²) in [5.41, 5.74) is -2.72. The quantitative estimate of drug-likeness (QED) is 0.566. The Kier molecular flexibility index (Phi) is 6.57. The fraction of sp³-hybridized carbons (Fsp3) is 0.500. The van der Waals surface area contributed by atoms with Gasteiger partial charge in [-0.05, 0) is 32.5 Å². The second kappa shape index (κ2) is 9.40. The van der Waals surface area contributed by atoms with Gasteiger partial charge in [0.2, 0.25) is 11.7 Å². The number of piperidine rings is 1. The number of hydrogen-bond donors (Lipinski definition) is 1. The van der Waals surface area contributed by atoms with Crippen LogP contribution in [0, 0.1) is 17.6 Å². The van der Waals surface area contributed by atoms with Gasteiger partial charge in [0.15, 0.2) is 17.2 Å². The average Bonchev–Trinajstić information content (AvgIpc) is 3.16. The van der Waals surface area contributed by atoms with Crippen molar-refractivity contribution < 1.29 is 41.0 Å². The van der Waals surface area contributed by atoms with Gasteiger partial charge < -0.3 is 14.8 Å². The van der Waals surface area contributed by atoms with Crippen molar-refractivity contribution in [3.8, 4) is 5.75 Å². The van der Waals surface area contributed by atoms with E-state index in [1.54, 1.807) is 0 Å². The van der Waals surface area contributed by atoms with Crippen molar-refractivity contribution in [3.63, 3.8) is 0 Å². The van der Waals surface area contributed by atoms with Gasteiger partial charge in [-0.25, -0.2) is 9.37 Å². The molecule has 6 rings (SSSR count). The topological polar surface area (TPSA) is 84.0 Å². The summed E-state index contributed by atoms with van der Waals surface area (Å²) in [7, 11) is 2.93. The molecule has 39 heavy (non-hydrogen) atoms. The second-order valence-corrected chi connectivity index (χ2v) is 10.4. The molecule has 4 fully saturated rings. The van der Waals surface area contributed by atoms with Gasteiger partial charge in [0.05, 0.1) is 13.2 Å². The van der Waals surface area contributed by atoms with Crippen LogP contribution in [0.3, 0.4) is 0 Å². The molecule has 5 heterocycles. The Morgan fingerprint density at radius 2 is 1.97 bits per heavy atom. The number of rotatable bonds is 5. The Morgan fingerprint density at radius 3 is 2.59 bits per heavy atom. The third-order valence-corrected chi connectivity index (χ3v) is 8.37. The maximum atomic E-state index is 14.5. The normalized spacial score (nSPS) is 30.7. The number of benzene rings is 1. The molecule has 13 heteroatoms. The molecular formula is C26H27F5N4O4. The Labute approximate surface area is 221 Å². The number of methoxy groups -OCH3 is 1. The van der Waals surface area contributed by atoms with Crippen LogP contribution < -0.4 is 15.0 Å².